The molecule has 2 heterocycles. The smallest absolute Gasteiger partial charge is 0.335 e. The first-order valence-corrected chi connectivity index (χ1v) is 10.1. The Morgan fingerprint density at radius 1 is 1.38 bits per heavy atom. The molecule has 8 heteroatoms. The Bertz CT molecular complexity index is 920. The Morgan fingerprint density at radius 3 is 2.81 bits per heavy atom. The van der Waals surface area contributed by atoms with Crippen molar-refractivity contribution in [3.8, 4) is 0 Å². The second kappa shape index (κ2) is 7.20. The van der Waals surface area contributed by atoms with Crippen LogP contribution in [0, 0.1) is 6.92 Å². The van der Waals surface area contributed by atoms with E-state index in [0.29, 0.717) is 25.3 Å². The van der Waals surface area contributed by atoms with Crippen LogP contribution >= 0.6 is 0 Å². The van der Waals surface area contributed by atoms with Crippen molar-refractivity contribution in [3.63, 3.8) is 0 Å². The lowest BCUT2D eigenvalue weighted by molar-refractivity contribution is 0.0696. The number of nitrogens with zero attached hydrogens (tertiary/aromatic N) is 3. The van der Waals surface area contributed by atoms with Crippen LogP contribution in [0.4, 0.5) is 0 Å². The molecule has 3 rings (SSSR count). The molecule has 1 fully saturated rings. The fourth-order valence-corrected chi connectivity index (χ4v) is 5.18. The van der Waals surface area contributed by atoms with E-state index in [1.807, 2.05) is 13.0 Å². The summed E-state index contributed by atoms with van der Waals surface area (Å²) in [6.45, 7) is 5.12. The first-order valence-electron chi connectivity index (χ1n) is 8.70. The normalized spacial score (nSPS) is 18.8. The third-order valence-corrected chi connectivity index (χ3v) is 6.93. The van der Waals surface area contributed by atoms with E-state index in [2.05, 4.69) is 5.10 Å². The Morgan fingerprint density at radius 2 is 2.15 bits per heavy atom. The number of aryl methyl sites for hydroxylation is 1. The predicted octanol–water partition coefficient (Wildman–Crippen LogP) is 2.48. The zero-order chi connectivity index (χ0) is 18.9. The Kier molecular flexibility index (Phi) is 5.15. The largest absolute Gasteiger partial charge is 0.478 e. The highest BCUT2D eigenvalue weighted by molar-refractivity contribution is 7.89. The number of hydrogen-bond donors (Lipinski definition) is 1. The number of hydrogen-bond acceptors (Lipinski definition) is 4. The van der Waals surface area contributed by atoms with E-state index in [0.717, 1.165) is 18.4 Å². The summed E-state index contributed by atoms with van der Waals surface area (Å²) in [7, 11) is -3.62. The molecule has 1 atom stereocenters. The van der Waals surface area contributed by atoms with Crippen LogP contribution in [0.3, 0.4) is 0 Å². The van der Waals surface area contributed by atoms with Crippen molar-refractivity contribution < 1.29 is 18.3 Å². The molecule has 0 bridgehead atoms. The van der Waals surface area contributed by atoms with Gasteiger partial charge in [0.25, 0.3) is 0 Å². The maximum Gasteiger partial charge on any atom is 0.335 e. The van der Waals surface area contributed by atoms with Gasteiger partial charge in [0.2, 0.25) is 10.0 Å². The molecule has 1 N–H and O–H groups in total. The predicted molar refractivity (Wildman–Crippen MR) is 96.8 cm³/mol. The van der Waals surface area contributed by atoms with E-state index >= 15 is 0 Å². The molecule has 1 aliphatic heterocycles. The summed E-state index contributed by atoms with van der Waals surface area (Å²) >= 11 is 0. The zero-order valence-electron chi connectivity index (χ0n) is 14.9. The summed E-state index contributed by atoms with van der Waals surface area (Å²) in [6, 6.07) is 6.77. The van der Waals surface area contributed by atoms with Crippen molar-refractivity contribution in [1.82, 2.24) is 14.1 Å². The number of carbonyl (C=O) groups is 1. The lowest BCUT2D eigenvalue weighted by Gasteiger charge is -2.32. The van der Waals surface area contributed by atoms with Gasteiger partial charge < -0.3 is 5.11 Å². The number of piperidine rings is 1. The Labute approximate surface area is 153 Å². The molecule has 1 saturated heterocycles. The summed E-state index contributed by atoms with van der Waals surface area (Å²) < 4.78 is 29.3. The maximum absolute atomic E-state index is 13.1. The van der Waals surface area contributed by atoms with E-state index in [1.165, 1.54) is 10.5 Å². The number of sulfonamides is 1. The molecule has 1 aliphatic rings. The van der Waals surface area contributed by atoms with Crippen molar-refractivity contribution in [3.05, 3.63) is 47.3 Å². The first kappa shape index (κ1) is 18.6. The highest BCUT2D eigenvalue weighted by Gasteiger charge is 2.33. The number of rotatable bonds is 5. The highest BCUT2D eigenvalue weighted by Crippen LogP contribution is 2.31. The summed E-state index contributed by atoms with van der Waals surface area (Å²) in [5.41, 5.74) is 1.73. The van der Waals surface area contributed by atoms with Gasteiger partial charge in [0, 0.05) is 19.6 Å². The van der Waals surface area contributed by atoms with Gasteiger partial charge in [0.05, 0.1) is 17.5 Å². The van der Waals surface area contributed by atoms with Crippen LogP contribution in [0.5, 0.6) is 0 Å². The van der Waals surface area contributed by atoms with Crippen LogP contribution in [0.1, 0.15) is 47.3 Å². The molecule has 0 aliphatic carbocycles. The molecule has 0 unspecified atom stereocenters. The molecule has 1 aromatic carbocycles. The van der Waals surface area contributed by atoms with Gasteiger partial charge in [0.15, 0.2) is 0 Å². The first-order chi connectivity index (χ1) is 12.3. The summed E-state index contributed by atoms with van der Waals surface area (Å²) in [5.74, 6) is -0.992. The topological polar surface area (TPSA) is 92.5 Å². The SMILES string of the molecule is CCn1ncc(S(=O)(=O)N2CCC[C@H](c3cccc(C(=O)O)c3)C2)c1C. The van der Waals surface area contributed by atoms with Gasteiger partial charge in [-0.25, -0.2) is 13.2 Å². The van der Waals surface area contributed by atoms with Crippen LogP contribution < -0.4 is 0 Å². The molecule has 140 valence electrons. The molecular formula is C18H23N3O4S. The van der Waals surface area contributed by atoms with Crippen LogP contribution in [0.2, 0.25) is 0 Å². The monoisotopic (exact) mass is 377 g/mol. The second-order valence-electron chi connectivity index (χ2n) is 6.54. The Balaban J connectivity index is 1.87. The van der Waals surface area contributed by atoms with E-state index in [4.69, 9.17) is 0 Å². The molecule has 0 saturated carbocycles. The van der Waals surface area contributed by atoms with Gasteiger partial charge in [-0.05, 0) is 50.3 Å². The van der Waals surface area contributed by atoms with Gasteiger partial charge >= 0.3 is 5.97 Å². The second-order valence-corrected chi connectivity index (χ2v) is 8.45. The van der Waals surface area contributed by atoms with Gasteiger partial charge in [0.1, 0.15) is 4.90 Å². The van der Waals surface area contributed by atoms with Crippen molar-refractivity contribution in [2.24, 2.45) is 0 Å². The lowest BCUT2D eigenvalue weighted by Crippen LogP contribution is -2.39. The zero-order valence-corrected chi connectivity index (χ0v) is 15.7. The quantitative estimate of drug-likeness (QED) is 0.864. The summed E-state index contributed by atoms with van der Waals surface area (Å²) in [4.78, 5) is 11.4. The number of aromatic nitrogens is 2. The van der Waals surface area contributed by atoms with E-state index in [9.17, 15) is 18.3 Å². The molecule has 26 heavy (non-hydrogen) atoms. The molecule has 1 aromatic heterocycles. The maximum atomic E-state index is 13.1. The van der Waals surface area contributed by atoms with Crippen molar-refractivity contribution in [2.45, 2.75) is 44.0 Å². The Hall–Kier alpha value is -2.19. The average molecular weight is 377 g/mol. The van der Waals surface area contributed by atoms with Crippen molar-refractivity contribution >= 4 is 16.0 Å². The number of carboxylic acids is 1. The fourth-order valence-electron chi connectivity index (χ4n) is 3.50. The van der Waals surface area contributed by atoms with E-state index < -0.39 is 16.0 Å². The number of benzene rings is 1. The lowest BCUT2D eigenvalue weighted by atomic mass is 9.91. The minimum atomic E-state index is -3.62. The minimum absolute atomic E-state index is 0.0145. The molecule has 2 aromatic rings. The van der Waals surface area contributed by atoms with Gasteiger partial charge in [-0.15, -0.1) is 0 Å². The standard InChI is InChI=1S/C18H23N3O4S/c1-3-21-13(2)17(11-19-21)26(24,25)20-9-5-8-16(12-20)14-6-4-7-15(10-14)18(22)23/h4,6-7,10-11,16H,3,5,8-9,12H2,1-2H3,(H,22,23)/t16-/m0/s1. The van der Waals surface area contributed by atoms with Crippen LogP contribution in [0.15, 0.2) is 35.4 Å². The third-order valence-electron chi connectivity index (χ3n) is 4.96. The van der Waals surface area contributed by atoms with Crippen LogP contribution in [0.25, 0.3) is 0 Å². The van der Waals surface area contributed by atoms with E-state index in [-0.39, 0.29) is 16.4 Å². The number of carboxylic acid groups (broad SMARTS) is 1. The van der Waals surface area contributed by atoms with Gasteiger partial charge in [-0.3, -0.25) is 4.68 Å². The summed E-state index contributed by atoms with van der Waals surface area (Å²) in [6.07, 6.45) is 2.99. The van der Waals surface area contributed by atoms with Crippen LogP contribution in [-0.2, 0) is 16.6 Å². The van der Waals surface area contributed by atoms with E-state index in [1.54, 1.807) is 29.8 Å². The van der Waals surface area contributed by atoms with Crippen LogP contribution in [-0.4, -0.2) is 46.7 Å². The van der Waals surface area contributed by atoms with Crippen molar-refractivity contribution in [1.29, 1.82) is 0 Å². The molecule has 7 nitrogen and oxygen atoms in total. The third kappa shape index (κ3) is 3.39. The fraction of sp³-hybridized carbons (Fsp3) is 0.444. The van der Waals surface area contributed by atoms with Crippen molar-refractivity contribution in [2.75, 3.05) is 13.1 Å². The molecule has 0 amide bonds. The van der Waals surface area contributed by atoms with Gasteiger partial charge in [-0.2, -0.15) is 9.40 Å². The van der Waals surface area contributed by atoms with Gasteiger partial charge in [-0.1, -0.05) is 12.1 Å². The number of aromatic carboxylic acids is 1. The average Bonchev–Trinajstić information content (AvgIpc) is 3.03. The molecule has 0 radical (unpaired) electrons. The molecule has 0 spiro atoms. The highest BCUT2D eigenvalue weighted by atomic mass is 32.2. The summed E-state index contributed by atoms with van der Waals surface area (Å²) in [5, 5.41) is 13.3. The minimum Gasteiger partial charge on any atom is -0.478 e. The molecular weight excluding hydrogens is 354 g/mol.